The second-order valence-electron chi connectivity index (χ2n) is 6.85. The molecule has 0 aliphatic rings. The van der Waals surface area contributed by atoms with Crippen molar-refractivity contribution in [3.63, 3.8) is 0 Å². The van der Waals surface area contributed by atoms with Gasteiger partial charge in [0.15, 0.2) is 5.16 Å². The Hall–Kier alpha value is -3.30. The van der Waals surface area contributed by atoms with Crippen LogP contribution in [0.5, 0.6) is 0 Å². The Labute approximate surface area is 183 Å². The Kier molecular flexibility index (Phi) is 5.13. The van der Waals surface area contributed by atoms with Gasteiger partial charge in [-0.1, -0.05) is 30.0 Å². The zero-order chi connectivity index (χ0) is 21.4. The van der Waals surface area contributed by atoms with Crippen molar-refractivity contribution in [2.24, 2.45) is 0 Å². The van der Waals surface area contributed by atoms with Crippen molar-refractivity contribution < 1.29 is 4.39 Å². The van der Waals surface area contributed by atoms with Gasteiger partial charge in [-0.25, -0.2) is 14.4 Å². The van der Waals surface area contributed by atoms with E-state index in [2.05, 4.69) is 9.97 Å². The van der Waals surface area contributed by atoms with Crippen molar-refractivity contribution in [2.75, 3.05) is 0 Å². The number of fused-ring (bicyclic) bond motifs is 2. The third-order valence-electron chi connectivity index (χ3n) is 4.76. The highest BCUT2D eigenvalue weighted by Crippen LogP contribution is 2.24. The fourth-order valence-corrected chi connectivity index (χ4v) is 4.93. The number of hydrogen-bond donors (Lipinski definition) is 0. The Morgan fingerprint density at radius 2 is 1.87 bits per heavy atom. The van der Waals surface area contributed by atoms with Crippen molar-refractivity contribution in [1.29, 1.82) is 0 Å². The molecule has 9 heteroatoms. The molecule has 0 fully saturated rings. The highest BCUT2D eigenvalue weighted by atomic mass is 32.2. The molecule has 4 heterocycles. The second kappa shape index (κ2) is 8.09. The van der Waals surface area contributed by atoms with Crippen LogP contribution in [0.25, 0.3) is 15.9 Å². The SMILES string of the molecule is O=c1c2sccc2nc(SCc2cc(=O)n3ccccc3n2)n1Cc1ccc(F)cc1. The van der Waals surface area contributed by atoms with Crippen LogP contribution in [0.15, 0.2) is 80.9 Å². The molecule has 5 rings (SSSR count). The molecule has 0 radical (unpaired) electrons. The molecule has 4 aromatic heterocycles. The summed E-state index contributed by atoms with van der Waals surface area (Å²) in [7, 11) is 0. The van der Waals surface area contributed by atoms with Gasteiger partial charge in [0.2, 0.25) is 0 Å². The number of halogens is 1. The molecule has 0 bridgehead atoms. The maximum atomic E-state index is 13.3. The van der Waals surface area contributed by atoms with Gasteiger partial charge in [0.25, 0.3) is 11.1 Å². The van der Waals surface area contributed by atoms with E-state index in [4.69, 9.17) is 0 Å². The number of aromatic nitrogens is 4. The van der Waals surface area contributed by atoms with E-state index in [1.165, 1.54) is 45.7 Å². The highest BCUT2D eigenvalue weighted by Gasteiger charge is 2.14. The summed E-state index contributed by atoms with van der Waals surface area (Å²) < 4.78 is 16.9. The molecular weight excluding hydrogens is 435 g/mol. The first-order valence-electron chi connectivity index (χ1n) is 9.41. The summed E-state index contributed by atoms with van der Waals surface area (Å²) in [4.78, 5) is 34.7. The summed E-state index contributed by atoms with van der Waals surface area (Å²) in [6.45, 7) is 0.274. The molecule has 0 spiro atoms. The minimum atomic E-state index is -0.328. The third-order valence-corrected chi connectivity index (χ3v) is 6.66. The number of hydrogen-bond acceptors (Lipinski definition) is 6. The molecule has 0 aliphatic carbocycles. The van der Waals surface area contributed by atoms with Gasteiger partial charge in [0.05, 0.1) is 17.8 Å². The number of pyridine rings is 1. The Bertz CT molecular complexity index is 1520. The van der Waals surface area contributed by atoms with E-state index in [0.717, 1.165) is 5.56 Å². The molecule has 0 aliphatic heterocycles. The van der Waals surface area contributed by atoms with Crippen LogP contribution in [0.1, 0.15) is 11.3 Å². The van der Waals surface area contributed by atoms with Gasteiger partial charge in [0.1, 0.15) is 16.2 Å². The van der Waals surface area contributed by atoms with Crippen LogP contribution in [0.3, 0.4) is 0 Å². The van der Waals surface area contributed by atoms with Gasteiger partial charge in [0, 0.05) is 18.0 Å². The summed E-state index contributed by atoms with van der Waals surface area (Å²) in [5, 5.41) is 2.36. The summed E-state index contributed by atoms with van der Waals surface area (Å²) in [6.07, 6.45) is 1.67. The molecule has 154 valence electrons. The van der Waals surface area contributed by atoms with Crippen molar-refractivity contribution in [2.45, 2.75) is 17.5 Å². The van der Waals surface area contributed by atoms with Crippen LogP contribution >= 0.6 is 23.1 Å². The minimum absolute atomic E-state index is 0.140. The van der Waals surface area contributed by atoms with Crippen LogP contribution in [0.2, 0.25) is 0 Å². The van der Waals surface area contributed by atoms with Crippen LogP contribution in [0.4, 0.5) is 4.39 Å². The largest absolute Gasteiger partial charge is 0.282 e. The predicted molar refractivity (Wildman–Crippen MR) is 120 cm³/mol. The van der Waals surface area contributed by atoms with Crippen LogP contribution in [-0.4, -0.2) is 18.9 Å². The van der Waals surface area contributed by atoms with Gasteiger partial charge in [-0.2, -0.15) is 0 Å². The predicted octanol–water partition coefficient (Wildman–Crippen LogP) is 3.95. The van der Waals surface area contributed by atoms with Gasteiger partial charge in [-0.3, -0.25) is 18.6 Å². The summed E-state index contributed by atoms with van der Waals surface area (Å²) >= 11 is 2.69. The zero-order valence-corrected chi connectivity index (χ0v) is 17.7. The first-order valence-corrected chi connectivity index (χ1v) is 11.3. The molecule has 0 saturated heterocycles. The molecule has 0 N–H and O–H groups in total. The van der Waals surface area contributed by atoms with E-state index in [1.807, 2.05) is 17.5 Å². The van der Waals surface area contributed by atoms with E-state index in [9.17, 15) is 14.0 Å². The maximum absolute atomic E-state index is 13.3. The first kappa shape index (κ1) is 19.7. The van der Waals surface area contributed by atoms with E-state index in [-0.39, 0.29) is 23.5 Å². The Balaban J connectivity index is 1.52. The number of nitrogens with zero attached hydrogens (tertiary/aromatic N) is 4. The summed E-state index contributed by atoms with van der Waals surface area (Å²) in [5.74, 6) is 0.0535. The lowest BCUT2D eigenvalue weighted by Gasteiger charge is -2.12. The molecule has 5 aromatic rings. The summed E-state index contributed by atoms with van der Waals surface area (Å²) in [5.41, 5.74) is 2.30. The minimum Gasteiger partial charge on any atom is -0.282 e. The molecule has 0 unspecified atom stereocenters. The van der Waals surface area contributed by atoms with E-state index < -0.39 is 0 Å². The Morgan fingerprint density at radius 1 is 1.03 bits per heavy atom. The van der Waals surface area contributed by atoms with Crippen LogP contribution in [0, 0.1) is 5.82 Å². The molecule has 0 saturated carbocycles. The highest BCUT2D eigenvalue weighted by molar-refractivity contribution is 7.98. The van der Waals surface area contributed by atoms with Crippen molar-refractivity contribution in [1.82, 2.24) is 18.9 Å². The van der Waals surface area contributed by atoms with Gasteiger partial charge >= 0.3 is 0 Å². The molecule has 31 heavy (non-hydrogen) atoms. The molecule has 0 atom stereocenters. The van der Waals surface area contributed by atoms with Crippen molar-refractivity contribution >= 4 is 39.0 Å². The number of benzene rings is 1. The average Bonchev–Trinajstić information content (AvgIpc) is 3.25. The summed E-state index contributed by atoms with van der Waals surface area (Å²) in [6, 6.07) is 14.7. The average molecular weight is 451 g/mol. The van der Waals surface area contributed by atoms with E-state index >= 15 is 0 Å². The molecule has 0 amide bonds. The fourth-order valence-electron chi connectivity index (χ4n) is 3.26. The second-order valence-corrected chi connectivity index (χ2v) is 8.71. The molecular formula is C22H15FN4O2S2. The van der Waals surface area contributed by atoms with Crippen molar-refractivity contribution in [3.05, 3.63) is 104 Å². The monoisotopic (exact) mass is 450 g/mol. The third kappa shape index (κ3) is 3.89. The smallest absolute Gasteiger partial charge is 0.272 e. The van der Waals surface area contributed by atoms with Crippen LogP contribution in [-0.2, 0) is 12.3 Å². The van der Waals surface area contributed by atoms with Crippen molar-refractivity contribution in [3.8, 4) is 0 Å². The molecule has 6 nitrogen and oxygen atoms in total. The van der Waals surface area contributed by atoms with E-state index in [1.54, 1.807) is 35.0 Å². The Morgan fingerprint density at radius 3 is 2.71 bits per heavy atom. The normalized spacial score (nSPS) is 11.4. The maximum Gasteiger partial charge on any atom is 0.272 e. The standard InChI is InChI=1S/C22H15FN4O2S2/c23-15-6-4-14(5-7-15)12-27-21(29)20-17(8-10-30-20)25-22(27)31-13-16-11-19(28)26-9-2-1-3-18(26)24-16/h1-11H,12-13H2. The van der Waals surface area contributed by atoms with Crippen LogP contribution < -0.4 is 11.1 Å². The number of thiophene rings is 1. The first-order chi connectivity index (χ1) is 15.1. The quantitative estimate of drug-likeness (QED) is 0.300. The van der Waals surface area contributed by atoms with E-state index in [0.29, 0.717) is 32.5 Å². The number of rotatable bonds is 5. The lowest BCUT2D eigenvalue weighted by Crippen LogP contribution is -2.23. The number of thioether (sulfide) groups is 1. The van der Waals surface area contributed by atoms with Gasteiger partial charge in [-0.15, -0.1) is 11.3 Å². The zero-order valence-electron chi connectivity index (χ0n) is 16.1. The fraction of sp³-hybridized carbons (Fsp3) is 0.0909. The lowest BCUT2D eigenvalue weighted by molar-refractivity contribution is 0.623. The topological polar surface area (TPSA) is 69.3 Å². The molecule has 1 aromatic carbocycles. The van der Waals surface area contributed by atoms with Gasteiger partial charge in [-0.05, 0) is 41.3 Å². The van der Waals surface area contributed by atoms with Gasteiger partial charge < -0.3 is 0 Å². The lowest BCUT2D eigenvalue weighted by atomic mass is 10.2.